The Morgan fingerprint density at radius 3 is 2.63 bits per heavy atom. The van der Waals surface area contributed by atoms with Gasteiger partial charge in [-0.25, -0.2) is 4.68 Å². The topological polar surface area (TPSA) is 95.1 Å². The molecule has 0 radical (unpaired) electrons. The Bertz CT molecular complexity index is 1180. The summed E-state index contributed by atoms with van der Waals surface area (Å²) < 4.78 is 12.1. The number of aryl methyl sites for hydroxylation is 2. The lowest BCUT2D eigenvalue weighted by atomic mass is 10.2. The van der Waals surface area contributed by atoms with Crippen LogP contribution >= 0.6 is 0 Å². The maximum Gasteiger partial charge on any atom is 0.259 e. The van der Waals surface area contributed by atoms with E-state index in [1.54, 1.807) is 37.0 Å². The van der Waals surface area contributed by atoms with Crippen LogP contribution in [0.2, 0.25) is 0 Å². The second-order valence-corrected chi connectivity index (χ2v) is 6.64. The van der Waals surface area contributed by atoms with Gasteiger partial charge in [-0.1, -0.05) is 24.2 Å². The lowest BCUT2D eigenvalue weighted by molar-refractivity contribution is 0.102. The molecule has 30 heavy (non-hydrogen) atoms. The highest BCUT2D eigenvalue weighted by atomic mass is 16.5. The zero-order valence-electron chi connectivity index (χ0n) is 16.9. The third-order valence-electron chi connectivity index (χ3n) is 4.66. The van der Waals surface area contributed by atoms with Crippen molar-refractivity contribution in [2.45, 2.75) is 20.3 Å². The van der Waals surface area contributed by atoms with E-state index in [9.17, 15) is 4.79 Å². The SMILES string of the molecule is CCc1nc(-c2ccc(-n3cc(C(=O)Nc4ccccc4OC)c(C)n3)cc2)no1. The minimum Gasteiger partial charge on any atom is -0.495 e. The van der Waals surface area contributed by atoms with Gasteiger partial charge in [0, 0.05) is 18.2 Å². The number of ether oxygens (including phenoxy) is 1. The molecule has 2 aromatic heterocycles. The highest BCUT2D eigenvalue weighted by Gasteiger charge is 2.16. The molecule has 8 heteroatoms. The number of nitrogens with one attached hydrogen (secondary N) is 1. The average molecular weight is 403 g/mol. The molecule has 2 aromatic carbocycles. The zero-order valence-corrected chi connectivity index (χ0v) is 16.9. The van der Waals surface area contributed by atoms with E-state index in [4.69, 9.17) is 9.26 Å². The number of hydrogen-bond acceptors (Lipinski definition) is 6. The largest absolute Gasteiger partial charge is 0.495 e. The van der Waals surface area contributed by atoms with Gasteiger partial charge in [-0.15, -0.1) is 0 Å². The van der Waals surface area contributed by atoms with Gasteiger partial charge in [-0.05, 0) is 43.3 Å². The molecule has 0 spiro atoms. The molecule has 0 aliphatic rings. The maximum absolute atomic E-state index is 12.8. The molecular weight excluding hydrogens is 382 g/mol. The van der Waals surface area contributed by atoms with Gasteiger partial charge in [0.25, 0.3) is 5.91 Å². The zero-order chi connectivity index (χ0) is 21.1. The van der Waals surface area contributed by atoms with Gasteiger partial charge in [0.2, 0.25) is 11.7 Å². The highest BCUT2D eigenvalue weighted by Crippen LogP contribution is 2.24. The van der Waals surface area contributed by atoms with E-state index >= 15 is 0 Å². The summed E-state index contributed by atoms with van der Waals surface area (Å²) >= 11 is 0. The standard InChI is InChI=1S/C22H21N5O3/c1-4-20-24-21(26-30-20)15-9-11-16(12-10-15)27-13-17(14(2)25-27)22(28)23-18-7-5-6-8-19(18)29-3/h5-13H,4H2,1-3H3,(H,23,28). The normalized spacial score (nSPS) is 10.8. The van der Waals surface area contributed by atoms with Crippen molar-refractivity contribution in [3.8, 4) is 22.8 Å². The van der Waals surface area contributed by atoms with Gasteiger partial charge in [-0.3, -0.25) is 4.79 Å². The van der Waals surface area contributed by atoms with Crippen LogP contribution < -0.4 is 10.1 Å². The fraction of sp³-hybridized carbons (Fsp3) is 0.182. The Balaban J connectivity index is 1.55. The summed E-state index contributed by atoms with van der Waals surface area (Å²) in [6.07, 6.45) is 2.40. The van der Waals surface area contributed by atoms with E-state index in [1.165, 1.54) is 0 Å². The molecule has 0 saturated carbocycles. The van der Waals surface area contributed by atoms with Crippen LogP contribution in [0.5, 0.6) is 5.75 Å². The summed E-state index contributed by atoms with van der Waals surface area (Å²) in [4.78, 5) is 17.1. The van der Waals surface area contributed by atoms with Crippen molar-refractivity contribution in [2.24, 2.45) is 0 Å². The third-order valence-corrected chi connectivity index (χ3v) is 4.66. The van der Waals surface area contributed by atoms with Crippen molar-refractivity contribution in [2.75, 3.05) is 12.4 Å². The first-order valence-electron chi connectivity index (χ1n) is 9.53. The molecule has 4 rings (SSSR count). The van der Waals surface area contributed by atoms with Crippen LogP contribution in [0, 0.1) is 6.92 Å². The van der Waals surface area contributed by atoms with E-state index in [1.807, 2.05) is 43.3 Å². The number of carbonyl (C=O) groups is 1. The Kier molecular flexibility index (Phi) is 5.30. The number of nitrogens with zero attached hydrogens (tertiary/aromatic N) is 4. The van der Waals surface area contributed by atoms with E-state index in [-0.39, 0.29) is 5.91 Å². The average Bonchev–Trinajstić information content (AvgIpc) is 3.41. The fourth-order valence-corrected chi connectivity index (χ4v) is 3.03. The van der Waals surface area contributed by atoms with E-state index < -0.39 is 0 Å². The van der Waals surface area contributed by atoms with Crippen molar-refractivity contribution in [1.29, 1.82) is 0 Å². The number of benzene rings is 2. The molecule has 0 saturated heterocycles. The van der Waals surface area contributed by atoms with Gasteiger partial charge in [0.05, 0.1) is 29.7 Å². The van der Waals surface area contributed by atoms with Crippen molar-refractivity contribution in [3.05, 3.63) is 71.9 Å². The third kappa shape index (κ3) is 3.80. The number of para-hydroxylation sites is 2. The maximum atomic E-state index is 12.8. The number of anilines is 1. The summed E-state index contributed by atoms with van der Waals surface area (Å²) in [6, 6.07) is 14.8. The highest BCUT2D eigenvalue weighted by molar-refractivity contribution is 6.05. The lowest BCUT2D eigenvalue weighted by Crippen LogP contribution is -2.13. The van der Waals surface area contributed by atoms with Crippen molar-refractivity contribution in [3.63, 3.8) is 0 Å². The predicted molar refractivity (Wildman–Crippen MR) is 112 cm³/mol. The molecule has 4 aromatic rings. The van der Waals surface area contributed by atoms with Crippen molar-refractivity contribution >= 4 is 11.6 Å². The molecular formula is C22H21N5O3. The number of carbonyl (C=O) groups excluding carboxylic acids is 1. The van der Waals surface area contributed by atoms with E-state index in [2.05, 4.69) is 20.6 Å². The molecule has 0 aliphatic carbocycles. The van der Waals surface area contributed by atoms with Gasteiger partial charge in [-0.2, -0.15) is 10.1 Å². The first-order valence-corrected chi connectivity index (χ1v) is 9.53. The smallest absolute Gasteiger partial charge is 0.259 e. The quantitative estimate of drug-likeness (QED) is 0.522. The van der Waals surface area contributed by atoms with Crippen LogP contribution in [0.25, 0.3) is 17.1 Å². The van der Waals surface area contributed by atoms with Gasteiger partial charge >= 0.3 is 0 Å². The van der Waals surface area contributed by atoms with Crippen LogP contribution in [-0.2, 0) is 6.42 Å². The number of aromatic nitrogens is 4. The number of methoxy groups -OCH3 is 1. The molecule has 0 bridgehead atoms. The summed E-state index contributed by atoms with van der Waals surface area (Å²) in [5, 5.41) is 11.3. The molecule has 0 unspecified atom stereocenters. The molecule has 2 heterocycles. The van der Waals surface area contributed by atoms with Gasteiger partial charge < -0.3 is 14.6 Å². The second kappa shape index (κ2) is 8.20. The number of amides is 1. The van der Waals surface area contributed by atoms with Crippen LogP contribution in [0.4, 0.5) is 5.69 Å². The molecule has 1 amide bonds. The molecule has 152 valence electrons. The summed E-state index contributed by atoms with van der Waals surface area (Å²) in [5.74, 6) is 1.49. The minimum atomic E-state index is -0.251. The van der Waals surface area contributed by atoms with Crippen LogP contribution in [0.3, 0.4) is 0 Å². The Labute approximate surface area is 173 Å². The van der Waals surface area contributed by atoms with Crippen molar-refractivity contribution in [1.82, 2.24) is 19.9 Å². The van der Waals surface area contributed by atoms with Crippen LogP contribution in [0.15, 0.2) is 59.3 Å². The van der Waals surface area contributed by atoms with Crippen LogP contribution in [0.1, 0.15) is 28.9 Å². The lowest BCUT2D eigenvalue weighted by Gasteiger charge is -2.09. The minimum absolute atomic E-state index is 0.251. The second-order valence-electron chi connectivity index (χ2n) is 6.64. The predicted octanol–water partition coefficient (Wildman–Crippen LogP) is 4.05. The number of hydrogen-bond donors (Lipinski definition) is 1. The van der Waals surface area contributed by atoms with E-state index in [0.717, 1.165) is 11.3 Å². The Morgan fingerprint density at radius 2 is 1.93 bits per heavy atom. The Morgan fingerprint density at radius 1 is 1.17 bits per heavy atom. The summed E-state index contributed by atoms with van der Waals surface area (Å²) in [7, 11) is 1.57. The molecule has 0 aliphatic heterocycles. The van der Waals surface area contributed by atoms with Crippen LogP contribution in [-0.4, -0.2) is 32.9 Å². The summed E-state index contributed by atoms with van der Waals surface area (Å²) in [5.41, 5.74) is 3.37. The van der Waals surface area contributed by atoms with E-state index in [0.29, 0.717) is 40.8 Å². The molecule has 1 N–H and O–H groups in total. The molecule has 0 fully saturated rings. The first kappa shape index (κ1) is 19.4. The van der Waals surface area contributed by atoms with Crippen molar-refractivity contribution < 1.29 is 14.1 Å². The molecule has 0 atom stereocenters. The fourth-order valence-electron chi connectivity index (χ4n) is 3.03. The van der Waals surface area contributed by atoms with Gasteiger partial charge in [0.15, 0.2) is 0 Å². The number of rotatable bonds is 6. The van der Waals surface area contributed by atoms with Gasteiger partial charge in [0.1, 0.15) is 5.75 Å². The monoisotopic (exact) mass is 403 g/mol. The molecule has 8 nitrogen and oxygen atoms in total. The Hall–Kier alpha value is -3.94. The first-order chi connectivity index (χ1) is 14.6. The summed E-state index contributed by atoms with van der Waals surface area (Å²) in [6.45, 7) is 3.76.